The van der Waals surface area contributed by atoms with E-state index in [4.69, 9.17) is 14.7 Å². The maximum atomic E-state index is 8.79. The minimum Gasteiger partial charge on any atom is -0.497 e. The lowest BCUT2D eigenvalue weighted by atomic mass is 10.1. The summed E-state index contributed by atoms with van der Waals surface area (Å²) >= 11 is 0. The van der Waals surface area contributed by atoms with Gasteiger partial charge in [-0.05, 0) is 30.8 Å². The summed E-state index contributed by atoms with van der Waals surface area (Å²) in [5, 5.41) is 11.9. The van der Waals surface area contributed by atoms with Crippen LogP contribution in [0.4, 0.5) is 0 Å². The van der Waals surface area contributed by atoms with Crippen LogP contribution in [0, 0.1) is 11.3 Å². The lowest BCUT2D eigenvalue weighted by molar-refractivity contribution is 0.300. The van der Waals surface area contributed by atoms with E-state index in [0.717, 1.165) is 29.2 Å². The van der Waals surface area contributed by atoms with Gasteiger partial charge in [0.15, 0.2) is 0 Å². The molecule has 1 N–H and O–H groups in total. The van der Waals surface area contributed by atoms with Gasteiger partial charge in [-0.15, -0.1) is 0 Å². The molecule has 21 heavy (non-hydrogen) atoms. The standard InChI is InChI=1S/C17H18N2O2/c1-19-11-15-7-8-16(20-2)9-17(15)21-12-14-5-3-13(10-18)4-6-14/h3-9,19H,11-12H2,1-2H3. The Hall–Kier alpha value is -2.51. The van der Waals surface area contributed by atoms with Crippen molar-refractivity contribution in [3.05, 3.63) is 59.2 Å². The third-order valence-corrected chi connectivity index (χ3v) is 3.12. The lowest BCUT2D eigenvalue weighted by Crippen LogP contribution is -2.07. The van der Waals surface area contributed by atoms with Crippen LogP contribution in [-0.4, -0.2) is 14.2 Å². The Kier molecular flexibility index (Phi) is 5.19. The molecule has 0 unspecified atom stereocenters. The molecule has 0 atom stereocenters. The molecule has 4 heteroatoms. The van der Waals surface area contributed by atoms with E-state index in [9.17, 15) is 0 Å². The predicted molar refractivity (Wildman–Crippen MR) is 81.2 cm³/mol. The zero-order valence-corrected chi connectivity index (χ0v) is 12.2. The molecule has 2 aromatic carbocycles. The molecule has 2 aromatic rings. The van der Waals surface area contributed by atoms with Gasteiger partial charge in [0.05, 0.1) is 18.7 Å². The van der Waals surface area contributed by atoms with Crippen LogP contribution < -0.4 is 14.8 Å². The van der Waals surface area contributed by atoms with E-state index >= 15 is 0 Å². The highest BCUT2D eigenvalue weighted by molar-refractivity contribution is 5.41. The minimum atomic E-state index is 0.454. The van der Waals surface area contributed by atoms with Crippen LogP contribution in [0.25, 0.3) is 0 Å². The third kappa shape index (κ3) is 3.98. The van der Waals surface area contributed by atoms with Crippen molar-refractivity contribution in [1.29, 1.82) is 5.26 Å². The van der Waals surface area contributed by atoms with Crippen molar-refractivity contribution in [1.82, 2.24) is 5.32 Å². The Morgan fingerprint density at radius 3 is 2.52 bits per heavy atom. The van der Waals surface area contributed by atoms with Crippen molar-refractivity contribution in [2.24, 2.45) is 0 Å². The van der Waals surface area contributed by atoms with Crippen LogP contribution in [0.5, 0.6) is 11.5 Å². The number of nitrogens with one attached hydrogen (secondary N) is 1. The molecule has 0 saturated heterocycles. The van der Waals surface area contributed by atoms with Crippen LogP contribution >= 0.6 is 0 Å². The molecule has 0 amide bonds. The van der Waals surface area contributed by atoms with Gasteiger partial charge in [-0.2, -0.15) is 5.26 Å². The molecule has 108 valence electrons. The molecule has 0 aliphatic carbocycles. The molecule has 0 spiro atoms. The first kappa shape index (κ1) is 14.9. The Morgan fingerprint density at radius 1 is 1.14 bits per heavy atom. The van der Waals surface area contributed by atoms with E-state index in [2.05, 4.69) is 11.4 Å². The summed E-state index contributed by atoms with van der Waals surface area (Å²) in [6.07, 6.45) is 0. The van der Waals surface area contributed by atoms with E-state index in [0.29, 0.717) is 12.2 Å². The first-order valence-corrected chi connectivity index (χ1v) is 6.70. The van der Waals surface area contributed by atoms with Crippen LogP contribution in [0.3, 0.4) is 0 Å². The Morgan fingerprint density at radius 2 is 1.90 bits per heavy atom. The van der Waals surface area contributed by atoms with E-state index < -0.39 is 0 Å². The van der Waals surface area contributed by atoms with Crippen molar-refractivity contribution in [3.63, 3.8) is 0 Å². The van der Waals surface area contributed by atoms with Gasteiger partial charge in [0.1, 0.15) is 18.1 Å². The summed E-state index contributed by atoms with van der Waals surface area (Å²) in [6, 6.07) is 15.3. The summed E-state index contributed by atoms with van der Waals surface area (Å²) in [4.78, 5) is 0. The van der Waals surface area contributed by atoms with Crippen molar-refractivity contribution in [3.8, 4) is 17.6 Å². The van der Waals surface area contributed by atoms with E-state index in [1.807, 2.05) is 37.4 Å². The average molecular weight is 282 g/mol. The molecule has 0 aromatic heterocycles. The molecule has 0 radical (unpaired) electrons. The van der Waals surface area contributed by atoms with Crippen LogP contribution in [0.1, 0.15) is 16.7 Å². The van der Waals surface area contributed by atoms with Gasteiger partial charge >= 0.3 is 0 Å². The Bertz CT molecular complexity index is 630. The zero-order valence-electron chi connectivity index (χ0n) is 12.2. The first-order valence-electron chi connectivity index (χ1n) is 6.70. The largest absolute Gasteiger partial charge is 0.497 e. The van der Waals surface area contributed by atoms with Crippen LogP contribution in [0.15, 0.2) is 42.5 Å². The van der Waals surface area contributed by atoms with Gasteiger partial charge in [-0.1, -0.05) is 18.2 Å². The fourth-order valence-corrected chi connectivity index (χ4v) is 1.97. The third-order valence-electron chi connectivity index (χ3n) is 3.12. The number of nitrogens with zero attached hydrogens (tertiary/aromatic N) is 1. The monoisotopic (exact) mass is 282 g/mol. The van der Waals surface area contributed by atoms with E-state index in [1.165, 1.54) is 0 Å². The summed E-state index contributed by atoms with van der Waals surface area (Å²) in [5.74, 6) is 1.57. The van der Waals surface area contributed by atoms with Crippen LogP contribution in [0.2, 0.25) is 0 Å². The number of rotatable bonds is 6. The number of benzene rings is 2. The smallest absolute Gasteiger partial charge is 0.127 e. The maximum Gasteiger partial charge on any atom is 0.127 e. The second kappa shape index (κ2) is 7.32. The normalized spacial score (nSPS) is 9.95. The second-order valence-electron chi connectivity index (χ2n) is 4.60. The van der Waals surface area contributed by atoms with Gasteiger partial charge in [0.2, 0.25) is 0 Å². The molecular weight excluding hydrogens is 264 g/mol. The van der Waals surface area contributed by atoms with Gasteiger partial charge in [-0.25, -0.2) is 0 Å². The number of hydrogen-bond acceptors (Lipinski definition) is 4. The molecular formula is C17H18N2O2. The van der Waals surface area contributed by atoms with E-state index in [1.54, 1.807) is 19.2 Å². The summed E-state index contributed by atoms with van der Waals surface area (Å²) in [7, 11) is 3.53. The highest BCUT2D eigenvalue weighted by Crippen LogP contribution is 2.25. The summed E-state index contributed by atoms with van der Waals surface area (Å²) in [5.41, 5.74) is 2.75. The molecule has 0 aliphatic rings. The Labute approximate surface area is 124 Å². The molecule has 4 nitrogen and oxygen atoms in total. The van der Waals surface area contributed by atoms with E-state index in [-0.39, 0.29) is 0 Å². The molecule has 0 saturated carbocycles. The highest BCUT2D eigenvalue weighted by Gasteiger charge is 2.06. The van der Waals surface area contributed by atoms with Gasteiger partial charge < -0.3 is 14.8 Å². The van der Waals surface area contributed by atoms with Crippen molar-refractivity contribution < 1.29 is 9.47 Å². The number of nitriles is 1. The fourth-order valence-electron chi connectivity index (χ4n) is 1.97. The topological polar surface area (TPSA) is 54.3 Å². The maximum absolute atomic E-state index is 8.79. The SMILES string of the molecule is CNCc1ccc(OC)cc1OCc1ccc(C#N)cc1. The molecule has 2 rings (SSSR count). The van der Waals surface area contributed by atoms with Gasteiger partial charge in [-0.3, -0.25) is 0 Å². The first-order chi connectivity index (χ1) is 10.3. The summed E-state index contributed by atoms with van der Waals surface area (Å²) in [6.45, 7) is 1.18. The average Bonchev–Trinajstić information content (AvgIpc) is 2.54. The predicted octanol–water partition coefficient (Wildman–Crippen LogP) is 2.87. The number of methoxy groups -OCH3 is 1. The second-order valence-corrected chi connectivity index (χ2v) is 4.60. The molecule has 0 fully saturated rings. The highest BCUT2D eigenvalue weighted by atomic mass is 16.5. The van der Waals surface area contributed by atoms with Crippen molar-refractivity contribution in [2.75, 3.05) is 14.2 Å². The number of ether oxygens (including phenoxy) is 2. The van der Waals surface area contributed by atoms with Gasteiger partial charge in [0.25, 0.3) is 0 Å². The quantitative estimate of drug-likeness (QED) is 0.885. The zero-order chi connectivity index (χ0) is 15.1. The molecule has 0 heterocycles. The van der Waals surface area contributed by atoms with Crippen LogP contribution in [-0.2, 0) is 13.2 Å². The summed E-state index contributed by atoms with van der Waals surface area (Å²) < 4.78 is 11.1. The van der Waals surface area contributed by atoms with Gasteiger partial charge in [0, 0.05) is 18.2 Å². The molecule has 0 bridgehead atoms. The van der Waals surface area contributed by atoms with Crippen molar-refractivity contribution in [2.45, 2.75) is 13.2 Å². The Balaban J connectivity index is 2.11. The minimum absolute atomic E-state index is 0.454. The number of hydrogen-bond donors (Lipinski definition) is 1. The lowest BCUT2D eigenvalue weighted by Gasteiger charge is -2.13. The fraction of sp³-hybridized carbons (Fsp3) is 0.235. The molecule has 0 aliphatic heterocycles. The van der Waals surface area contributed by atoms with Crippen molar-refractivity contribution >= 4 is 0 Å².